The summed E-state index contributed by atoms with van der Waals surface area (Å²) in [5.74, 6) is 0. The lowest BCUT2D eigenvalue weighted by Gasteiger charge is -2.33. The van der Waals surface area contributed by atoms with Crippen LogP contribution in [-0.2, 0) is 0 Å². The minimum atomic E-state index is -1.32. The van der Waals surface area contributed by atoms with E-state index in [4.69, 9.17) is 0 Å². The van der Waals surface area contributed by atoms with Crippen molar-refractivity contribution < 1.29 is 0 Å². The second-order valence-corrected chi connectivity index (χ2v) is 17.7. The van der Waals surface area contributed by atoms with E-state index in [9.17, 15) is 0 Å². The van der Waals surface area contributed by atoms with Crippen molar-refractivity contribution >= 4 is 25.8 Å². The molecule has 0 bridgehead atoms. The van der Waals surface area contributed by atoms with Gasteiger partial charge in [-0.3, -0.25) is 0 Å². The first kappa shape index (κ1) is 16.2. The largest absolute Gasteiger partial charge is 0.0828 e. The summed E-state index contributed by atoms with van der Waals surface area (Å²) < 4.78 is 0. The van der Waals surface area contributed by atoms with Crippen LogP contribution in [0.4, 0.5) is 0 Å². The van der Waals surface area contributed by atoms with Crippen LogP contribution in [-0.4, -0.2) is 7.74 Å². The van der Waals surface area contributed by atoms with E-state index < -0.39 is 7.74 Å². The zero-order valence-corrected chi connectivity index (χ0v) is 15.6. The maximum atomic E-state index is 2.49. The van der Waals surface area contributed by atoms with Crippen molar-refractivity contribution in [3.8, 4) is 0 Å². The Kier molecular flexibility index (Phi) is 5.19. The quantitative estimate of drug-likeness (QED) is 0.480. The summed E-state index contributed by atoms with van der Waals surface area (Å²) >= 11 is 0. The molecule has 0 aliphatic heterocycles. The Bertz CT molecular complexity index is 624. The number of aryl methyl sites for hydroxylation is 1. The van der Waals surface area contributed by atoms with E-state index in [1.54, 1.807) is 5.31 Å². The predicted octanol–water partition coefficient (Wildman–Crippen LogP) is 6.00. The molecule has 0 aromatic heterocycles. The molecule has 0 heterocycles. The van der Waals surface area contributed by atoms with Crippen molar-refractivity contribution in [2.45, 2.75) is 33.5 Å². The summed E-state index contributed by atoms with van der Waals surface area (Å²) in [6.45, 7) is 11.9. The molecule has 1 unspecified atom stereocenters. The van der Waals surface area contributed by atoms with E-state index in [-0.39, 0.29) is 7.47 Å². The molecule has 2 rings (SSSR count). The van der Waals surface area contributed by atoms with Crippen LogP contribution in [0.15, 0.2) is 60.7 Å². The maximum Gasteiger partial charge on any atom is 0.0828 e. The molecule has 0 N–H and O–H groups in total. The standard InChI is InChI=1S/C19H25PSi/c1-6-19(18-15-11-10-12-16(18)2)20(21(3,4)5)17-13-8-7-9-14-17/h6-15H,1-5H3/b19-6-. The highest BCUT2D eigenvalue weighted by Gasteiger charge is 2.31. The molecule has 1 atom stereocenters. The summed E-state index contributed by atoms with van der Waals surface area (Å²) in [5, 5.41) is 3.07. The first-order chi connectivity index (χ1) is 9.95. The van der Waals surface area contributed by atoms with E-state index in [0.717, 1.165) is 0 Å². The molecule has 0 saturated heterocycles. The molecule has 21 heavy (non-hydrogen) atoms. The Morgan fingerprint density at radius 3 is 2.00 bits per heavy atom. The molecule has 0 aliphatic carbocycles. The van der Waals surface area contributed by atoms with Gasteiger partial charge in [0.1, 0.15) is 0 Å². The molecular formula is C19H25PSi. The van der Waals surface area contributed by atoms with Gasteiger partial charge in [-0.05, 0) is 35.6 Å². The number of benzene rings is 2. The molecule has 0 spiro atoms. The normalized spacial score (nSPS) is 14.0. The van der Waals surface area contributed by atoms with Crippen LogP contribution in [0.25, 0.3) is 5.31 Å². The number of rotatable bonds is 4. The molecule has 0 nitrogen and oxygen atoms in total. The third kappa shape index (κ3) is 3.73. The minimum Gasteiger partial charge on any atom is -0.0794 e. The number of hydrogen-bond donors (Lipinski definition) is 0. The molecule has 0 amide bonds. The van der Waals surface area contributed by atoms with Crippen LogP contribution in [0.3, 0.4) is 0 Å². The summed E-state index contributed by atoms with van der Waals surface area (Å²) in [6, 6.07) is 19.9. The summed E-state index contributed by atoms with van der Waals surface area (Å²) in [5.41, 5.74) is 2.81. The minimum absolute atomic E-state index is 0.253. The highest BCUT2D eigenvalue weighted by molar-refractivity contribution is 8.06. The molecule has 2 heteroatoms. The van der Waals surface area contributed by atoms with Crippen LogP contribution in [0.1, 0.15) is 18.1 Å². The Morgan fingerprint density at radius 2 is 1.48 bits per heavy atom. The summed E-state index contributed by atoms with van der Waals surface area (Å²) in [6.07, 6.45) is 2.35. The van der Waals surface area contributed by atoms with Gasteiger partial charge in [0.15, 0.2) is 0 Å². The third-order valence-corrected chi connectivity index (χ3v) is 12.3. The lowest BCUT2D eigenvalue weighted by Crippen LogP contribution is -2.24. The SMILES string of the molecule is C/C=C(/c1ccccc1C)P(c1ccccc1)[Si](C)(C)C. The van der Waals surface area contributed by atoms with Crippen LogP contribution in [0, 0.1) is 6.92 Å². The zero-order chi connectivity index (χ0) is 15.5. The van der Waals surface area contributed by atoms with E-state index in [1.165, 1.54) is 16.4 Å². The van der Waals surface area contributed by atoms with E-state index >= 15 is 0 Å². The first-order valence-corrected chi connectivity index (χ1v) is 13.2. The third-order valence-electron chi connectivity index (χ3n) is 3.62. The van der Waals surface area contributed by atoms with Gasteiger partial charge in [-0.2, -0.15) is 0 Å². The Balaban J connectivity index is 2.58. The lowest BCUT2D eigenvalue weighted by molar-refractivity contribution is 1.43. The molecular weight excluding hydrogens is 287 g/mol. The van der Waals surface area contributed by atoms with Crippen molar-refractivity contribution in [3.63, 3.8) is 0 Å². The second kappa shape index (κ2) is 6.73. The van der Waals surface area contributed by atoms with Gasteiger partial charge in [0.05, 0.1) is 7.74 Å². The number of hydrogen-bond acceptors (Lipinski definition) is 0. The van der Waals surface area contributed by atoms with Crippen molar-refractivity contribution in [1.82, 2.24) is 0 Å². The van der Waals surface area contributed by atoms with E-state index in [1.807, 2.05) is 0 Å². The van der Waals surface area contributed by atoms with Crippen LogP contribution in [0.2, 0.25) is 19.6 Å². The van der Waals surface area contributed by atoms with Gasteiger partial charge >= 0.3 is 0 Å². The van der Waals surface area contributed by atoms with Gasteiger partial charge in [-0.25, -0.2) is 0 Å². The Labute approximate surface area is 131 Å². The molecule has 2 aromatic carbocycles. The Morgan fingerprint density at radius 1 is 0.905 bits per heavy atom. The average molecular weight is 312 g/mol. The van der Waals surface area contributed by atoms with Gasteiger partial charge in [0.2, 0.25) is 0 Å². The smallest absolute Gasteiger partial charge is 0.0794 e. The van der Waals surface area contributed by atoms with E-state index in [0.29, 0.717) is 0 Å². The first-order valence-electron chi connectivity index (χ1n) is 7.52. The van der Waals surface area contributed by atoms with Crippen LogP contribution in [0.5, 0.6) is 0 Å². The van der Waals surface area contributed by atoms with Gasteiger partial charge in [-0.1, -0.05) is 87.8 Å². The maximum absolute atomic E-state index is 2.49. The fourth-order valence-corrected chi connectivity index (χ4v) is 11.4. The van der Waals surface area contributed by atoms with Gasteiger partial charge < -0.3 is 0 Å². The molecule has 0 fully saturated rings. The average Bonchev–Trinajstić information content (AvgIpc) is 2.45. The summed E-state index contributed by atoms with van der Waals surface area (Å²) in [4.78, 5) is 0. The fourth-order valence-electron chi connectivity index (χ4n) is 2.73. The summed E-state index contributed by atoms with van der Waals surface area (Å²) in [7, 11) is -1.57. The van der Waals surface area contributed by atoms with Crippen molar-refractivity contribution in [2.24, 2.45) is 0 Å². The van der Waals surface area contributed by atoms with Crippen LogP contribution < -0.4 is 5.30 Å². The molecule has 2 aromatic rings. The fraction of sp³-hybridized carbons (Fsp3) is 0.263. The van der Waals surface area contributed by atoms with Crippen LogP contribution >= 0.6 is 7.47 Å². The second-order valence-electron chi connectivity index (χ2n) is 6.33. The zero-order valence-electron chi connectivity index (χ0n) is 13.7. The molecule has 0 saturated carbocycles. The Hall–Kier alpha value is -1.17. The van der Waals surface area contributed by atoms with E-state index in [2.05, 4.69) is 94.2 Å². The highest BCUT2D eigenvalue weighted by atomic mass is 31.4. The molecule has 0 aliphatic rings. The molecule has 0 radical (unpaired) electrons. The monoisotopic (exact) mass is 312 g/mol. The van der Waals surface area contributed by atoms with Gasteiger partial charge in [0.25, 0.3) is 0 Å². The van der Waals surface area contributed by atoms with Crippen molar-refractivity contribution in [1.29, 1.82) is 0 Å². The predicted molar refractivity (Wildman–Crippen MR) is 101 cm³/mol. The topological polar surface area (TPSA) is 0 Å². The molecule has 110 valence electrons. The van der Waals surface area contributed by atoms with Gasteiger partial charge in [-0.15, -0.1) is 0 Å². The highest BCUT2D eigenvalue weighted by Crippen LogP contribution is 2.57. The van der Waals surface area contributed by atoms with Crippen molar-refractivity contribution in [3.05, 3.63) is 71.8 Å². The van der Waals surface area contributed by atoms with Gasteiger partial charge in [0, 0.05) is 0 Å². The lowest BCUT2D eigenvalue weighted by atomic mass is 10.1. The number of allylic oxidation sites excluding steroid dienone is 1. The van der Waals surface area contributed by atoms with Crippen molar-refractivity contribution in [2.75, 3.05) is 0 Å².